The number of anilines is 1. The average Bonchev–Trinajstić information content (AvgIpc) is 2.69. The van der Waals surface area contributed by atoms with Crippen LogP contribution >= 0.6 is 23.4 Å². The van der Waals surface area contributed by atoms with Crippen LogP contribution in [0.3, 0.4) is 0 Å². The quantitative estimate of drug-likeness (QED) is 0.884. The van der Waals surface area contributed by atoms with Crippen LogP contribution in [0.5, 0.6) is 0 Å². The van der Waals surface area contributed by atoms with E-state index in [0.29, 0.717) is 21.2 Å². The molecule has 0 saturated carbocycles. The van der Waals surface area contributed by atoms with Crippen LogP contribution in [0.2, 0.25) is 5.02 Å². The van der Waals surface area contributed by atoms with Gasteiger partial charge in [-0.2, -0.15) is 0 Å². The number of hydrogen-bond donors (Lipinski definition) is 2. The van der Waals surface area contributed by atoms with E-state index in [0.717, 1.165) is 17.8 Å². The second-order valence-electron chi connectivity index (χ2n) is 4.51. The highest BCUT2D eigenvalue weighted by Crippen LogP contribution is 2.41. The predicted molar refractivity (Wildman–Crippen MR) is 77.5 cm³/mol. The third-order valence-corrected chi connectivity index (χ3v) is 4.63. The highest BCUT2D eigenvalue weighted by molar-refractivity contribution is 7.99. The Bertz CT molecular complexity index is 754. The van der Waals surface area contributed by atoms with Gasteiger partial charge in [0.25, 0.3) is 0 Å². The molecule has 1 unspecified atom stereocenters. The van der Waals surface area contributed by atoms with Gasteiger partial charge in [-0.15, -0.1) is 0 Å². The lowest BCUT2D eigenvalue weighted by atomic mass is 10.1. The molecule has 0 fully saturated rings. The number of fused-ring (bicyclic) bond motifs is 1. The number of halogens is 3. The van der Waals surface area contributed by atoms with Crippen LogP contribution in [-0.4, -0.2) is 5.91 Å². The van der Waals surface area contributed by atoms with Crippen LogP contribution in [0.1, 0.15) is 11.6 Å². The van der Waals surface area contributed by atoms with Crippen LogP contribution in [0.25, 0.3) is 0 Å². The van der Waals surface area contributed by atoms with Gasteiger partial charge >= 0.3 is 0 Å². The van der Waals surface area contributed by atoms with E-state index >= 15 is 0 Å². The van der Waals surface area contributed by atoms with E-state index in [1.54, 1.807) is 12.1 Å². The molecule has 3 N–H and O–H groups in total. The van der Waals surface area contributed by atoms with Crippen molar-refractivity contribution in [1.29, 1.82) is 0 Å². The van der Waals surface area contributed by atoms with Gasteiger partial charge in [-0.25, -0.2) is 8.78 Å². The molecule has 1 aliphatic rings. The van der Waals surface area contributed by atoms with Crippen molar-refractivity contribution in [1.82, 2.24) is 0 Å². The van der Waals surface area contributed by atoms with Crippen LogP contribution in [-0.2, 0) is 4.79 Å². The highest BCUT2D eigenvalue weighted by Gasteiger charge is 2.28. The minimum absolute atomic E-state index is 0.242. The summed E-state index contributed by atoms with van der Waals surface area (Å²) in [6.45, 7) is 0. The molecule has 2 aromatic carbocycles. The van der Waals surface area contributed by atoms with E-state index in [-0.39, 0.29) is 10.8 Å². The lowest BCUT2D eigenvalue weighted by Crippen LogP contribution is -2.19. The topological polar surface area (TPSA) is 55.1 Å². The first kappa shape index (κ1) is 14.3. The average molecular weight is 327 g/mol. The fourth-order valence-electron chi connectivity index (χ4n) is 2.04. The predicted octanol–water partition coefficient (Wildman–Crippen LogP) is 3.72. The fraction of sp³-hybridized carbons (Fsp3) is 0.0714. The summed E-state index contributed by atoms with van der Waals surface area (Å²) in [7, 11) is 0. The van der Waals surface area contributed by atoms with Gasteiger partial charge in [0, 0.05) is 27.1 Å². The van der Waals surface area contributed by atoms with Crippen molar-refractivity contribution in [2.24, 2.45) is 5.73 Å². The molecule has 1 aliphatic heterocycles. The molecule has 0 aliphatic carbocycles. The summed E-state index contributed by atoms with van der Waals surface area (Å²) < 4.78 is 26.6. The summed E-state index contributed by atoms with van der Waals surface area (Å²) in [4.78, 5) is 12.3. The molecule has 0 saturated heterocycles. The molecule has 0 radical (unpaired) electrons. The fourth-order valence-corrected chi connectivity index (χ4v) is 3.19. The number of rotatable bonds is 2. The first-order chi connectivity index (χ1) is 9.95. The number of carbonyl (C=O) groups is 1. The van der Waals surface area contributed by atoms with Crippen LogP contribution in [0.4, 0.5) is 14.5 Å². The molecule has 0 bridgehead atoms. The summed E-state index contributed by atoms with van der Waals surface area (Å²) in [5.74, 6) is -1.62. The maximum absolute atomic E-state index is 13.7. The van der Waals surface area contributed by atoms with Crippen molar-refractivity contribution in [3.63, 3.8) is 0 Å². The third kappa shape index (κ3) is 2.62. The molecule has 1 heterocycles. The molecule has 21 heavy (non-hydrogen) atoms. The van der Waals surface area contributed by atoms with Gasteiger partial charge in [-0.1, -0.05) is 23.4 Å². The molecule has 0 spiro atoms. The number of benzene rings is 2. The Kier molecular flexibility index (Phi) is 3.61. The largest absolute Gasteiger partial charge is 0.324 e. The van der Waals surface area contributed by atoms with Gasteiger partial charge in [0.15, 0.2) is 0 Å². The molecule has 1 amide bonds. The van der Waals surface area contributed by atoms with Gasteiger partial charge in [-0.3, -0.25) is 4.79 Å². The smallest absolute Gasteiger partial charge is 0.245 e. The van der Waals surface area contributed by atoms with E-state index in [2.05, 4.69) is 5.32 Å². The minimum atomic E-state index is -0.751. The molecular formula is C14H9ClF2N2OS. The van der Waals surface area contributed by atoms with Crippen molar-refractivity contribution < 1.29 is 13.6 Å². The van der Waals surface area contributed by atoms with Crippen molar-refractivity contribution in [2.75, 3.05) is 5.32 Å². The van der Waals surface area contributed by atoms with E-state index in [4.69, 9.17) is 17.3 Å². The Morgan fingerprint density at radius 1 is 1.19 bits per heavy atom. The zero-order valence-corrected chi connectivity index (χ0v) is 12.1. The Labute approximate surface area is 128 Å². The monoisotopic (exact) mass is 326 g/mol. The standard InChI is InChI=1S/C14H9ClF2N2OS/c15-8-4-7-10(19-14(20)13(7)18)5-12(8)21-11-2-1-6(16)3-9(11)17/h1-5,13H,18H2,(H,19,20). The van der Waals surface area contributed by atoms with E-state index in [1.807, 2.05) is 0 Å². The molecule has 1 atom stereocenters. The number of nitrogens with two attached hydrogens (primary N) is 1. The second kappa shape index (κ2) is 5.29. The molecule has 108 valence electrons. The Balaban J connectivity index is 1.97. The summed E-state index contributed by atoms with van der Waals surface area (Å²) in [5.41, 5.74) is 6.89. The SMILES string of the molecule is NC1C(=O)Nc2cc(Sc3ccc(F)cc3F)c(Cl)cc21. The summed E-state index contributed by atoms with van der Waals surface area (Å²) in [6.07, 6.45) is 0. The lowest BCUT2D eigenvalue weighted by Gasteiger charge is -2.09. The number of amides is 1. The minimum Gasteiger partial charge on any atom is -0.324 e. The van der Waals surface area contributed by atoms with Gasteiger partial charge < -0.3 is 11.1 Å². The van der Waals surface area contributed by atoms with Crippen LogP contribution in [0.15, 0.2) is 40.1 Å². The van der Waals surface area contributed by atoms with Crippen molar-refractivity contribution >= 4 is 35.0 Å². The van der Waals surface area contributed by atoms with Gasteiger partial charge in [0.05, 0.1) is 5.02 Å². The van der Waals surface area contributed by atoms with Crippen LogP contribution in [0, 0.1) is 11.6 Å². The molecule has 2 aromatic rings. The summed E-state index contributed by atoms with van der Waals surface area (Å²) in [5, 5.41) is 2.99. The molecular weight excluding hydrogens is 318 g/mol. The summed E-state index contributed by atoms with van der Waals surface area (Å²) >= 11 is 7.19. The third-order valence-electron chi connectivity index (χ3n) is 3.09. The number of carbonyl (C=O) groups excluding carboxylic acids is 1. The van der Waals surface area contributed by atoms with Crippen molar-refractivity contribution in [2.45, 2.75) is 15.8 Å². The molecule has 3 nitrogen and oxygen atoms in total. The van der Waals surface area contributed by atoms with E-state index < -0.39 is 17.7 Å². The normalized spacial score (nSPS) is 16.8. The van der Waals surface area contributed by atoms with Gasteiger partial charge in [0.1, 0.15) is 17.7 Å². The van der Waals surface area contributed by atoms with E-state index in [1.165, 1.54) is 12.1 Å². The summed E-state index contributed by atoms with van der Waals surface area (Å²) in [6, 6.07) is 5.78. The van der Waals surface area contributed by atoms with Gasteiger partial charge in [0.2, 0.25) is 5.91 Å². The zero-order chi connectivity index (χ0) is 15.1. The molecule has 7 heteroatoms. The Morgan fingerprint density at radius 2 is 1.95 bits per heavy atom. The van der Waals surface area contributed by atoms with E-state index in [9.17, 15) is 13.6 Å². The van der Waals surface area contributed by atoms with Gasteiger partial charge in [-0.05, 0) is 24.3 Å². The Hall–Kier alpha value is -1.63. The second-order valence-corrected chi connectivity index (χ2v) is 6.00. The van der Waals surface area contributed by atoms with Crippen LogP contribution < -0.4 is 11.1 Å². The Morgan fingerprint density at radius 3 is 2.67 bits per heavy atom. The highest BCUT2D eigenvalue weighted by atomic mass is 35.5. The first-order valence-electron chi connectivity index (χ1n) is 5.98. The van der Waals surface area contributed by atoms with Crippen molar-refractivity contribution in [3.05, 3.63) is 52.6 Å². The number of hydrogen-bond acceptors (Lipinski definition) is 3. The lowest BCUT2D eigenvalue weighted by molar-refractivity contribution is -0.116. The maximum Gasteiger partial charge on any atom is 0.245 e. The van der Waals surface area contributed by atoms with Crippen molar-refractivity contribution in [3.8, 4) is 0 Å². The molecule has 3 rings (SSSR count). The first-order valence-corrected chi connectivity index (χ1v) is 7.18. The molecule has 0 aromatic heterocycles. The zero-order valence-electron chi connectivity index (χ0n) is 10.5. The number of nitrogens with one attached hydrogen (secondary N) is 1. The maximum atomic E-state index is 13.7.